The minimum absolute atomic E-state index is 0.132. The summed E-state index contributed by atoms with van der Waals surface area (Å²) < 4.78 is 11.3. The van der Waals surface area contributed by atoms with Crippen LogP contribution in [0.25, 0.3) is 0 Å². The molecule has 0 aliphatic carbocycles. The lowest BCUT2D eigenvalue weighted by molar-refractivity contribution is -0.144. The summed E-state index contributed by atoms with van der Waals surface area (Å²) in [6, 6.07) is 12.6. The van der Waals surface area contributed by atoms with E-state index >= 15 is 0 Å². The molecular formula is C18H18BrNO4. The number of ether oxygens (including phenoxy) is 2. The standard InChI is InChI=1S/C18H18BrNO4/c1-12(21)20-15-6-3-13(4-7-15)10-18(22)24-11-14-5-8-17(23-2)16(19)9-14/h3-9H,10-11H2,1-2H3,(H,20,21). The third-order valence-electron chi connectivity index (χ3n) is 3.24. The molecule has 5 nitrogen and oxygen atoms in total. The fraction of sp³-hybridized carbons (Fsp3) is 0.222. The molecule has 0 aliphatic rings. The second kappa shape index (κ2) is 8.49. The number of methoxy groups -OCH3 is 1. The SMILES string of the molecule is COc1ccc(COC(=O)Cc2ccc(NC(C)=O)cc2)cc1Br. The van der Waals surface area contributed by atoms with E-state index in [9.17, 15) is 9.59 Å². The third kappa shape index (κ3) is 5.38. The number of halogens is 1. The maximum atomic E-state index is 11.9. The topological polar surface area (TPSA) is 64.6 Å². The lowest BCUT2D eigenvalue weighted by Gasteiger charge is -2.08. The van der Waals surface area contributed by atoms with Crippen molar-refractivity contribution in [2.45, 2.75) is 20.0 Å². The zero-order chi connectivity index (χ0) is 17.5. The van der Waals surface area contributed by atoms with Crippen LogP contribution in [-0.4, -0.2) is 19.0 Å². The van der Waals surface area contributed by atoms with Crippen molar-refractivity contribution in [1.29, 1.82) is 0 Å². The van der Waals surface area contributed by atoms with Crippen LogP contribution in [0.2, 0.25) is 0 Å². The molecule has 24 heavy (non-hydrogen) atoms. The van der Waals surface area contributed by atoms with Gasteiger partial charge < -0.3 is 14.8 Å². The third-order valence-corrected chi connectivity index (χ3v) is 3.86. The van der Waals surface area contributed by atoms with E-state index in [1.165, 1.54) is 6.92 Å². The molecule has 1 amide bonds. The normalized spacial score (nSPS) is 10.1. The van der Waals surface area contributed by atoms with Gasteiger partial charge in [-0.05, 0) is 51.3 Å². The summed E-state index contributed by atoms with van der Waals surface area (Å²) in [7, 11) is 1.59. The predicted octanol–water partition coefficient (Wildman–Crippen LogP) is 3.70. The van der Waals surface area contributed by atoms with Gasteiger partial charge in [-0.2, -0.15) is 0 Å². The highest BCUT2D eigenvalue weighted by atomic mass is 79.9. The van der Waals surface area contributed by atoms with Gasteiger partial charge in [0.25, 0.3) is 0 Å². The molecular weight excluding hydrogens is 374 g/mol. The van der Waals surface area contributed by atoms with Gasteiger partial charge >= 0.3 is 5.97 Å². The molecule has 126 valence electrons. The average Bonchev–Trinajstić information content (AvgIpc) is 2.54. The molecule has 0 aromatic heterocycles. The van der Waals surface area contributed by atoms with Gasteiger partial charge in [-0.1, -0.05) is 18.2 Å². The van der Waals surface area contributed by atoms with Gasteiger partial charge in [-0.3, -0.25) is 9.59 Å². The van der Waals surface area contributed by atoms with Gasteiger partial charge in [0.05, 0.1) is 18.0 Å². The van der Waals surface area contributed by atoms with Crippen LogP contribution in [0.4, 0.5) is 5.69 Å². The van der Waals surface area contributed by atoms with E-state index in [1.807, 2.05) is 18.2 Å². The second-order valence-corrected chi connectivity index (χ2v) is 6.04. The number of amides is 1. The number of hydrogen-bond donors (Lipinski definition) is 1. The lowest BCUT2D eigenvalue weighted by atomic mass is 10.1. The number of anilines is 1. The fourth-order valence-corrected chi connectivity index (χ4v) is 2.68. The first-order valence-electron chi connectivity index (χ1n) is 7.32. The average molecular weight is 392 g/mol. The number of esters is 1. The number of hydrogen-bond acceptors (Lipinski definition) is 4. The largest absolute Gasteiger partial charge is 0.496 e. The minimum atomic E-state index is -0.311. The van der Waals surface area contributed by atoms with Crippen molar-refractivity contribution in [1.82, 2.24) is 0 Å². The Morgan fingerprint density at radius 3 is 2.33 bits per heavy atom. The van der Waals surface area contributed by atoms with Crippen LogP contribution in [0.15, 0.2) is 46.9 Å². The highest BCUT2D eigenvalue weighted by Gasteiger charge is 2.07. The summed E-state index contributed by atoms with van der Waals surface area (Å²) in [5, 5.41) is 2.68. The van der Waals surface area contributed by atoms with Crippen molar-refractivity contribution in [3.8, 4) is 5.75 Å². The molecule has 0 radical (unpaired) electrons. The van der Waals surface area contributed by atoms with Gasteiger partial charge in [-0.15, -0.1) is 0 Å². The Morgan fingerprint density at radius 2 is 1.75 bits per heavy atom. The number of rotatable bonds is 6. The molecule has 0 spiro atoms. The molecule has 0 unspecified atom stereocenters. The molecule has 0 aliphatic heterocycles. The summed E-state index contributed by atoms with van der Waals surface area (Å²) in [4.78, 5) is 22.9. The maximum absolute atomic E-state index is 11.9. The van der Waals surface area contributed by atoms with E-state index in [-0.39, 0.29) is 24.9 Å². The fourth-order valence-electron chi connectivity index (χ4n) is 2.09. The lowest BCUT2D eigenvalue weighted by Crippen LogP contribution is -2.09. The Bertz CT molecular complexity index is 728. The first-order valence-corrected chi connectivity index (χ1v) is 8.12. The molecule has 2 aromatic carbocycles. The van der Waals surface area contributed by atoms with Crippen molar-refractivity contribution < 1.29 is 19.1 Å². The maximum Gasteiger partial charge on any atom is 0.310 e. The zero-order valence-electron chi connectivity index (χ0n) is 13.5. The van der Waals surface area contributed by atoms with Crippen molar-refractivity contribution >= 4 is 33.5 Å². The smallest absolute Gasteiger partial charge is 0.310 e. The van der Waals surface area contributed by atoms with E-state index in [0.29, 0.717) is 5.69 Å². The van der Waals surface area contributed by atoms with Crippen LogP contribution in [0.1, 0.15) is 18.1 Å². The molecule has 0 atom stereocenters. The first-order chi connectivity index (χ1) is 11.5. The quantitative estimate of drug-likeness (QED) is 0.762. The van der Waals surface area contributed by atoms with Crippen molar-refractivity contribution in [2.75, 3.05) is 12.4 Å². The summed E-state index contributed by atoms with van der Waals surface area (Å²) in [5.74, 6) is 0.284. The molecule has 6 heteroatoms. The van der Waals surface area contributed by atoms with Gasteiger partial charge in [0.15, 0.2) is 0 Å². The Kier molecular flexibility index (Phi) is 6.37. The molecule has 0 saturated carbocycles. The Morgan fingerprint density at radius 1 is 1.08 bits per heavy atom. The van der Waals surface area contributed by atoms with Gasteiger partial charge in [0, 0.05) is 12.6 Å². The van der Waals surface area contributed by atoms with E-state index in [2.05, 4.69) is 21.2 Å². The highest BCUT2D eigenvalue weighted by molar-refractivity contribution is 9.10. The van der Waals surface area contributed by atoms with Crippen LogP contribution in [-0.2, 0) is 27.4 Å². The molecule has 0 bridgehead atoms. The Hall–Kier alpha value is -2.34. The molecule has 1 N–H and O–H groups in total. The monoisotopic (exact) mass is 391 g/mol. The summed E-state index contributed by atoms with van der Waals surface area (Å²) >= 11 is 3.40. The van der Waals surface area contributed by atoms with E-state index in [0.717, 1.165) is 21.3 Å². The Balaban J connectivity index is 1.87. The van der Waals surface area contributed by atoms with Crippen LogP contribution in [0, 0.1) is 0 Å². The summed E-state index contributed by atoms with van der Waals surface area (Å²) in [6.07, 6.45) is 0.178. The van der Waals surface area contributed by atoms with Gasteiger partial charge in [0.2, 0.25) is 5.91 Å². The first kappa shape index (κ1) is 18.0. The summed E-state index contributed by atoms with van der Waals surface area (Å²) in [6.45, 7) is 1.65. The van der Waals surface area contributed by atoms with Crippen molar-refractivity contribution in [3.63, 3.8) is 0 Å². The Labute approximate surface area is 149 Å². The second-order valence-electron chi connectivity index (χ2n) is 5.18. The van der Waals surface area contributed by atoms with Crippen molar-refractivity contribution in [3.05, 3.63) is 58.1 Å². The van der Waals surface area contributed by atoms with Crippen LogP contribution >= 0.6 is 15.9 Å². The van der Waals surface area contributed by atoms with E-state index in [1.54, 1.807) is 31.4 Å². The van der Waals surface area contributed by atoms with Crippen LogP contribution < -0.4 is 10.1 Å². The van der Waals surface area contributed by atoms with E-state index < -0.39 is 0 Å². The number of carbonyl (C=O) groups excluding carboxylic acids is 2. The zero-order valence-corrected chi connectivity index (χ0v) is 15.1. The number of nitrogens with one attached hydrogen (secondary N) is 1. The minimum Gasteiger partial charge on any atom is -0.496 e. The van der Waals surface area contributed by atoms with E-state index in [4.69, 9.17) is 9.47 Å². The van der Waals surface area contributed by atoms with Gasteiger partial charge in [-0.25, -0.2) is 0 Å². The molecule has 0 saturated heterocycles. The number of carbonyl (C=O) groups is 2. The molecule has 0 heterocycles. The predicted molar refractivity (Wildman–Crippen MR) is 94.9 cm³/mol. The van der Waals surface area contributed by atoms with Crippen LogP contribution in [0.3, 0.4) is 0 Å². The molecule has 2 rings (SSSR count). The highest BCUT2D eigenvalue weighted by Crippen LogP contribution is 2.25. The number of benzene rings is 2. The van der Waals surface area contributed by atoms with Crippen molar-refractivity contribution in [2.24, 2.45) is 0 Å². The summed E-state index contributed by atoms with van der Waals surface area (Å²) in [5.41, 5.74) is 2.39. The van der Waals surface area contributed by atoms with Crippen LogP contribution in [0.5, 0.6) is 5.75 Å². The molecule has 0 fully saturated rings. The molecule has 2 aromatic rings. The van der Waals surface area contributed by atoms with Gasteiger partial charge in [0.1, 0.15) is 12.4 Å².